The Balaban J connectivity index is 3.06. The van der Waals surface area contributed by atoms with E-state index in [0.29, 0.717) is 0 Å². The van der Waals surface area contributed by atoms with Crippen molar-refractivity contribution < 1.29 is 18.3 Å². The minimum absolute atomic E-state index is 0.0194. The molecule has 2 nitrogen and oxygen atoms in total. The van der Waals surface area contributed by atoms with Crippen LogP contribution in [-0.2, 0) is 6.18 Å². The van der Waals surface area contributed by atoms with E-state index in [-0.39, 0.29) is 12.3 Å². The average molecular weight is 233 g/mol. The molecule has 2 N–H and O–H groups in total. The van der Waals surface area contributed by atoms with E-state index in [1.165, 1.54) is 18.2 Å². The molecule has 5 heteroatoms. The standard InChI is InChI=1S/C11H14F3NO/c1-10(2,7-16)15-9-6-4-3-5-8(9)11(12,13)14/h3-6,15-16H,7H2,1-2H3. The summed E-state index contributed by atoms with van der Waals surface area (Å²) in [5.41, 5.74) is -1.54. The molecule has 1 aromatic rings. The monoisotopic (exact) mass is 233 g/mol. The molecule has 0 saturated heterocycles. The van der Waals surface area contributed by atoms with Crippen LogP contribution >= 0.6 is 0 Å². The highest BCUT2D eigenvalue weighted by atomic mass is 19.4. The first-order valence-electron chi connectivity index (χ1n) is 4.81. The van der Waals surface area contributed by atoms with Crippen LogP contribution in [0, 0.1) is 0 Å². The molecule has 90 valence electrons. The fourth-order valence-electron chi connectivity index (χ4n) is 1.24. The highest BCUT2D eigenvalue weighted by Gasteiger charge is 2.34. The maximum atomic E-state index is 12.6. The Morgan fingerprint density at radius 3 is 2.25 bits per heavy atom. The van der Waals surface area contributed by atoms with Gasteiger partial charge in [-0.1, -0.05) is 12.1 Å². The number of halogens is 3. The minimum atomic E-state index is -4.39. The average Bonchev–Trinajstić information content (AvgIpc) is 2.16. The van der Waals surface area contributed by atoms with Crippen molar-refractivity contribution in [2.75, 3.05) is 11.9 Å². The highest BCUT2D eigenvalue weighted by Crippen LogP contribution is 2.35. The van der Waals surface area contributed by atoms with Crippen molar-refractivity contribution in [2.45, 2.75) is 25.6 Å². The molecule has 0 amide bonds. The Kier molecular flexibility index (Phi) is 3.48. The Morgan fingerprint density at radius 1 is 1.19 bits per heavy atom. The number of nitrogens with one attached hydrogen (secondary N) is 1. The summed E-state index contributed by atoms with van der Waals surface area (Å²) in [6.07, 6.45) is -4.39. The molecule has 1 rings (SSSR count). The maximum absolute atomic E-state index is 12.6. The summed E-state index contributed by atoms with van der Waals surface area (Å²) in [6.45, 7) is 3.00. The van der Waals surface area contributed by atoms with Crippen molar-refractivity contribution >= 4 is 5.69 Å². The van der Waals surface area contributed by atoms with Crippen LogP contribution < -0.4 is 5.32 Å². The van der Waals surface area contributed by atoms with Crippen molar-refractivity contribution in [3.63, 3.8) is 0 Å². The Hall–Kier alpha value is -1.23. The number of para-hydroxylation sites is 1. The molecule has 0 heterocycles. The molecule has 0 fully saturated rings. The first-order valence-corrected chi connectivity index (χ1v) is 4.81. The van der Waals surface area contributed by atoms with Gasteiger partial charge < -0.3 is 10.4 Å². The number of rotatable bonds is 3. The van der Waals surface area contributed by atoms with Gasteiger partial charge >= 0.3 is 6.18 Å². The lowest BCUT2D eigenvalue weighted by Crippen LogP contribution is -2.35. The third kappa shape index (κ3) is 3.13. The highest BCUT2D eigenvalue weighted by molar-refractivity contribution is 5.54. The summed E-state index contributed by atoms with van der Waals surface area (Å²) in [5, 5.41) is 11.7. The summed E-state index contributed by atoms with van der Waals surface area (Å²) in [5.74, 6) is 0. The third-order valence-corrected chi connectivity index (χ3v) is 2.10. The van der Waals surface area contributed by atoms with Gasteiger partial charge in [0.05, 0.1) is 17.7 Å². The second-order valence-electron chi connectivity index (χ2n) is 4.21. The Bertz CT molecular complexity index is 360. The van der Waals surface area contributed by atoms with Crippen molar-refractivity contribution in [2.24, 2.45) is 0 Å². The number of hydrogen-bond acceptors (Lipinski definition) is 2. The lowest BCUT2D eigenvalue weighted by atomic mass is 10.0. The summed E-state index contributed by atoms with van der Waals surface area (Å²) < 4.78 is 37.9. The SMILES string of the molecule is CC(C)(CO)Nc1ccccc1C(F)(F)F. The summed E-state index contributed by atoms with van der Waals surface area (Å²) in [7, 11) is 0. The maximum Gasteiger partial charge on any atom is 0.418 e. The van der Waals surface area contributed by atoms with Gasteiger partial charge in [0, 0.05) is 5.69 Å². The van der Waals surface area contributed by atoms with Gasteiger partial charge in [0.2, 0.25) is 0 Å². The van der Waals surface area contributed by atoms with E-state index in [0.717, 1.165) is 6.07 Å². The first-order chi connectivity index (χ1) is 7.26. The molecular weight excluding hydrogens is 219 g/mol. The van der Waals surface area contributed by atoms with E-state index in [1.807, 2.05) is 0 Å². The fraction of sp³-hybridized carbons (Fsp3) is 0.455. The van der Waals surface area contributed by atoms with Gasteiger partial charge in [-0.25, -0.2) is 0 Å². The van der Waals surface area contributed by atoms with Crippen LogP contribution in [0.5, 0.6) is 0 Å². The molecule has 0 aliphatic carbocycles. The molecule has 0 saturated carbocycles. The zero-order chi connectivity index (χ0) is 12.4. The third-order valence-electron chi connectivity index (χ3n) is 2.10. The lowest BCUT2D eigenvalue weighted by molar-refractivity contribution is -0.137. The summed E-state index contributed by atoms with van der Waals surface area (Å²) in [6, 6.07) is 5.21. The molecule has 0 atom stereocenters. The van der Waals surface area contributed by atoms with Crippen LogP contribution in [-0.4, -0.2) is 17.3 Å². The van der Waals surface area contributed by atoms with Gasteiger partial charge in [0.25, 0.3) is 0 Å². The van der Waals surface area contributed by atoms with Crippen LogP contribution in [0.2, 0.25) is 0 Å². The minimum Gasteiger partial charge on any atom is -0.394 e. The smallest absolute Gasteiger partial charge is 0.394 e. The topological polar surface area (TPSA) is 32.3 Å². The van der Waals surface area contributed by atoms with Crippen LogP contribution in [0.25, 0.3) is 0 Å². The van der Waals surface area contributed by atoms with Crippen molar-refractivity contribution in [3.05, 3.63) is 29.8 Å². The normalized spacial score (nSPS) is 12.6. The predicted molar refractivity (Wildman–Crippen MR) is 56.2 cm³/mol. The van der Waals surface area contributed by atoms with E-state index < -0.39 is 17.3 Å². The van der Waals surface area contributed by atoms with Gasteiger partial charge in [0.15, 0.2) is 0 Å². The number of benzene rings is 1. The number of aliphatic hydroxyl groups is 1. The predicted octanol–water partition coefficient (Wildman–Crippen LogP) is 2.89. The van der Waals surface area contributed by atoms with Crippen molar-refractivity contribution in [1.82, 2.24) is 0 Å². The molecule has 0 bridgehead atoms. The molecule has 0 unspecified atom stereocenters. The Morgan fingerprint density at radius 2 is 1.75 bits per heavy atom. The second kappa shape index (κ2) is 4.33. The fourth-order valence-corrected chi connectivity index (χ4v) is 1.24. The van der Waals surface area contributed by atoms with Gasteiger partial charge in [0.1, 0.15) is 0 Å². The van der Waals surface area contributed by atoms with Crippen LogP contribution in [0.15, 0.2) is 24.3 Å². The van der Waals surface area contributed by atoms with Gasteiger partial charge in [-0.3, -0.25) is 0 Å². The molecule has 1 aromatic carbocycles. The molecular formula is C11H14F3NO. The van der Waals surface area contributed by atoms with Crippen LogP contribution in [0.1, 0.15) is 19.4 Å². The molecule has 0 aromatic heterocycles. The Labute approximate surface area is 92.1 Å². The van der Waals surface area contributed by atoms with Gasteiger partial charge in [-0.15, -0.1) is 0 Å². The molecule has 0 aliphatic heterocycles. The number of aliphatic hydroxyl groups excluding tert-OH is 1. The summed E-state index contributed by atoms with van der Waals surface area (Å²) in [4.78, 5) is 0. The van der Waals surface area contributed by atoms with E-state index >= 15 is 0 Å². The van der Waals surface area contributed by atoms with Gasteiger partial charge in [-0.2, -0.15) is 13.2 Å². The van der Waals surface area contributed by atoms with Crippen molar-refractivity contribution in [1.29, 1.82) is 0 Å². The zero-order valence-corrected chi connectivity index (χ0v) is 9.10. The largest absolute Gasteiger partial charge is 0.418 e. The lowest BCUT2D eigenvalue weighted by Gasteiger charge is -2.26. The molecule has 0 radical (unpaired) electrons. The van der Waals surface area contributed by atoms with E-state index in [1.54, 1.807) is 13.8 Å². The van der Waals surface area contributed by atoms with E-state index in [4.69, 9.17) is 5.11 Å². The quantitative estimate of drug-likeness (QED) is 0.841. The number of anilines is 1. The number of hydrogen-bond donors (Lipinski definition) is 2. The van der Waals surface area contributed by atoms with Gasteiger partial charge in [-0.05, 0) is 26.0 Å². The molecule has 0 spiro atoms. The first kappa shape index (κ1) is 12.8. The molecule has 16 heavy (non-hydrogen) atoms. The van der Waals surface area contributed by atoms with E-state index in [9.17, 15) is 13.2 Å². The van der Waals surface area contributed by atoms with Crippen LogP contribution in [0.4, 0.5) is 18.9 Å². The van der Waals surface area contributed by atoms with E-state index in [2.05, 4.69) is 5.32 Å². The van der Waals surface area contributed by atoms with Crippen LogP contribution in [0.3, 0.4) is 0 Å². The molecule has 0 aliphatic rings. The number of alkyl halides is 3. The zero-order valence-electron chi connectivity index (χ0n) is 9.10. The second-order valence-corrected chi connectivity index (χ2v) is 4.21. The summed E-state index contributed by atoms with van der Waals surface area (Å²) >= 11 is 0. The van der Waals surface area contributed by atoms with Crippen molar-refractivity contribution in [3.8, 4) is 0 Å².